The zero-order valence-corrected chi connectivity index (χ0v) is 13.3. The van der Waals surface area contributed by atoms with Gasteiger partial charge in [-0.1, -0.05) is 42.5 Å². The van der Waals surface area contributed by atoms with Gasteiger partial charge in [0.15, 0.2) is 0 Å². The van der Waals surface area contributed by atoms with E-state index in [-0.39, 0.29) is 31.3 Å². The number of allylic oxidation sites excluding steroid dienone is 2. The first-order valence-electron chi connectivity index (χ1n) is 7.95. The second-order valence-electron chi connectivity index (χ2n) is 5.67. The van der Waals surface area contributed by atoms with E-state index in [2.05, 4.69) is 5.32 Å². The molecule has 24 heavy (non-hydrogen) atoms. The van der Waals surface area contributed by atoms with Gasteiger partial charge in [0, 0.05) is 6.42 Å². The lowest BCUT2D eigenvalue weighted by molar-refractivity contribution is -0.150. The second kappa shape index (κ2) is 8.86. The highest BCUT2D eigenvalue weighted by molar-refractivity contribution is 5.83. The van der Waals surface area contributed by atoms with Crippen molar-refractivity contribution in [2.24, 2.45) is 5.92 Å². The van der Waals surface area contributed by atoms with E-state index in [0.717, 1.165) is 5.56 Å². The molecule has 0 spiro atoms. The number of nitrogens with one attached hydrogen (secondary N) is 1. The van der Waals surface area contributed by atoms with E-state index in [0.29, 0.717) is 12.8 Å². The number of rotatable bonds is 3. The van der Waals surface area contributed by atoms with Gasteiger partial charge in [-0.25, -0.2) is 0 Å². The van der Waals surface area contributed by atoms with Crippen LogP contribution in [0.3, 0.4) is 0 Å². The predicted molar refractivity (Wildman–Crippen MR) is 87.0 cm³/mol. The Morgan fingerprint density at radius 3 is 2.67 bits per heavy atom. The zero-order chi connectivity index (χ0) is 17.4. The number of esters is 1. The number of cyclic esters (lactones) is 1. The maximum Gasteiger partial charge on any atom is 0.306 e. The molecule has 0 saturated carbocycles. The monoisotopic (exact) mass is 331 g/mol. The average Bonchev–Trinajstić information content (AvgIpc) is 2.56. The van der Waals surface area contributed by atoms with Crippen LogP contribution in [0.5, 0.6) is 0 Å². The van der Waals surface area contributed by atoms with E-state index >= 15 is 0 Å². The van der Waals surface area contributed by atoms with Crippen LogP contribution >= 0.6 is 0 Å². The van der Waals surface area contributed by atoms with Gasteiger partial charge < -0.3 is 15.2 Å². The van der Waals surface area contributed by atoms with Crippen molar-refractivity contribution in [1.29, 1.82) is 0 Å². The molecule has 0 fully saturated rings. The fourth-order valence-corrected chi connectivity index (χ4v) is 2.52. The maximum absolute atomic E-state index is 12.3. The number of aliphatic carboxylic acids is 1. The highest BCUT2D eigenvalue weighted by Gasteiger charge is 2.23. The molecule has 0 radical (unpaired) electrons. The van der Waals surface area contributed by atoms with Gasteiger partial charge in [0.25, 0.3) is 0 Å². The van der Waals surface area contributed by atoms with Gasteiger partial charge in [-0.3, -0.25) is 14.4 Å². The number of hydrogen-bond donors (Lipinski definition) is 2. The summed E-state index contributed by atoms with van der Waals surface area (Å²) in [4.78, 5) is 35.1. The molecule has 0 aromatic heterocycles. The summed E-state index contributed by atoms with van der Waals surface area (Å²) in [5.41, 5.74) is 0.786. The minimum Gasteiger partial charge on any atom is -0.481 e. The summed E-state index contributed by atoms with van der Waals surface area (Å²) in [7, 11) is 0. The lowest BCUT2D eigenvalue weighted by Crippen LogP contribution is -2.36. The fraction of sp³-hybridized carbons (Fsp3) is 0.389. The molecule has 1 aromatic rings. The normalized spacial score (nSPS) is 24.0. The van der Waals surface area contributed by atoms with E-state index in [1.165, 1.54) is 0 Å². The summed E-state index contributed by atoms with van der Waals surface area (Å²) >= 11 is 0. The number of amides is 1. The summed E-state index contributed by atoms with van der Waals surface area (Å²) in [5.74, 6) is -2.32. The van der Waals surface area contributed by atoms with Gasteiger partial charge in [-0.2, -0.15) is 0 Å². The molecule has 128 valence electrons. The molecular weight excluding hydrogens is 310 g/mol. The molecule has 0 bridgehead atoms. The standard InChI is InChI=1S/C18H21NO5/c20-16(21)11-14-9-5-2-6-10-17(22)24-15(12-19-18(14)23)13-7-3-1-4-8-13/h1-5,7-8,14-15H,6,9-12H2,(H,19,23)(H,20,21)/b5-2+/t14-,15-/m0/s1. The largest absolute Gasteiger partial charge is 0.481 e. The van der Waals surface area contributed by atoms with Crippen molar-refractivity contribution in [2.45, 2.75) is 31.8 Å². The van der Waals surface area contributed by atoms with Crippen molar-refractivity contribution >= 4 is 17.8 Å². The molecule has 6 nitrogen and oxygen atoms in total. The van der Waals surface area contributed by atoms with Gasteiger partial charge in [0.05, 0.1) is 18.9 Å². The lowest BCUT2D eigenvalue weighted by Gasteiger charge is -2.21. The lowest BCUT2D eigenvalue weighted by atomic mass is 9.99. The van der Waals surface area contributed by atoms with Crippen LogP contribution < -0.4 is 5.32 Å². The van der Waals surface area contributed by atoms with Crippen molar-refractivity contribution in [3.8, 4) is 0 Å². The molecule has 2 atom stereocenters. The average molecular weight is 331 g/mol. The van der Waals surface area contributed by atoms with Gasteiger partial charge in [-0.05, 0) is 18.4 Å². The second-order valence-corrected chi connectivity index (χ2v) is 5.67. The van der Waals surface area contributed by atoms with Crippen LogP contribution in [0, 0.1) is 5.92 Å². The van der Waals surface area contributed by atoms with Gasteiger partial charge in [0.1, 0.15) is 6.10 Å². The van der Waals surface area contributed by atoms with E-state index in [1.807, 2.05) is 30.3 Å². The molecule has 2 rings (SSSR count). The summed E-state index contributed by atoms with van der Waals surface area (Å²) in [6.45, 7) is 0.119. The zero-order valence-electron chi connectivity index (χ0n) is 13.3. The van der Waals surface area contributed by atoms with Crippen LogP contribution in [-0.4, -0.2) is 29.5 Å². The summed E-state index contributed by atoms with van der Waals surface area (Å²) in [6.07, 6.45) is 3.80. The van der Waals surface area contributed by atoms with E-state index in [1.54, 1.807) is 12.2 Å². The first kappa shape index (κ1) is 17.7. The molecule has 2 N–H and O–H groups in total. The van der Waals surface area contributed by atoms with Gasteiger partial charge in [0.2, 0.25) is 5.91 Å². The Balaban J connectivity index is 2.15. The third kappa shape index (κ3) is 5.53. The summed E-state index contributed by atoms with van der Waals surface area (Å²) < 4.78 is 5.47. The smallest absolute Gasteiger partial charge is 0.306 e. The third-order valence-electron chi connectivity index (χ3n) is 3.80. The van der Waals surface area contributed by atoms with Gasteiger partial charge in [-0.15, -0.1) is 0 Å². The van der Waals surface area contributed by atoms with Crippen LogP contribution in [-0.2, 0) is 19.1 Å². The minimum absolute atomic E-state index is 0.119. The highest BCUT2D eigenvalue weighted by atomic mass is 16.5. The van der Waals surface area contributed by atoms with E-state index in [9.17, 15) is 14.4 Å². The Hall–Kier alpha value is -2.63. The van der Waals surface area contributed by atoms with Crippen LogP contribution in [0.4, 0.5) is 0 Å². The quantitative estimate of drug-likeness (QED) is 0.654. The summed E-state index contributed by atoms with van der Waals surface area (Å²) in [6, 6.07) is 9.16. The number of carboxylic acids is 1. The van der Waals surface area contributed by atoms with Crippen LogP contribution in [0.2, 0.25) is 0 Å². The molecule has 0 unspecified atom stereocenters. The van der Waals surface area contributed by atoms with Crippen LogP contribution in [0.15, 0.2) is 42.5 Å². The first-order valence-corrected chi connectivity index (χ1v) is 7.95. The molecule has 6 heteroatoms. The fourth-order valence-electron chi connectivity index (χ4n) is 2.52. The molecular formula is C18H21NO5. The number of carboxylic acid groups (broad SMARTS) is 1. The SMILES string of the molecule is O=C(O)C[C@@H]1C/C=C/CCC(=O)O[C@H](c2ccccc2)CNC1=O. The Bertz CT molecular complexity index is 611. The number of carbonyl (C=O) groups excluding carboxylic acids is 2. The Labute approximate surface area is 140 Å². The van der Waals surface area contributed by atoms with Crippen molar-refractivity contribution in [1.82, 2.24) is 5.32 Å². The van der Waals surface area contributed by atoms with Crippen molar-refractivity contribution in [2.75, 3.05) is 6.54 Å². The predicted octanol–water partition coefficient (Wildman–Crippen LogP) is 2.22. The van der Waals surface area contributed by atoms with Crippen LogP contribution in [0.25, 0.3) is 0 Å². The Morgan fingerprint density at radius 1 is 1.21 bits per heavy atom. The molecule has 0 saturated heterocycles. The van der Waals surface area contributed by atoms with Crippen molar-refractivity contribution in [3.05, 3.63) is 48.0 Å². The summed E-state index contributed by atoms with van der Waals surface area (Å²) in [5, 5.41) is 11.7. The Morgan fingerprint density at radius 2 is 1.96 bits per heavy atom. The van der Waals surface area contributed by atoms with Gasteiger partial charge >= 0.3 is 11.9 Å². The molecule has 1 aliphatic rings. The molecule has 1 heterocycles. The number of carbonyl (C=O) groups is 3. The van der Waals surface area contributed by atoms with Crippen molar-refractivity contribution in [3.63, 3.8) is 0 Å². The molecule has 1 aromatic carbocycles. The topological polar surface area (TPSA) is 92.7 Å². The van der Waals surface area contributed by atoms with Crippen molar-refractivity contribution < 1.29 is 24.2 Å². The Kier molecular flexibility index (Phi) is 6.54. The van der Waals surface area contributed by atoms with E-state index in [4.69, 9.17) is 9.84 Å². The third-order valence-corrected chi connectivity index (χ3v) is 3.80. The maximum atomic E-state index is 12.3. The molecule has 1 aliphatic heterocycles. The first-order chi connectivity index (χ1) is 11.6. The molecule has 1 amide bonds. The molecule has 0 aliphatic carbocycles. The number of hydrogen-bond acceptors (Lipinski definition) is 4. The minimum atomic E-state index is -1.01. The number of benzene rings is 1. The van der Waals surface area contributed by atoms with Crippen LogP contribution in [0.1, 0.15) is 37.4 Å². The van der Waals surface area contributed by atoms with E-state index < -0.39 is 18.0 Å². The highest BCUT2D eigenvalue weighted by Crippen LogP contribution is 2.19. The number of ether oxygens (including phenoxy) is 1.